The summed E-state index contributed by atoms with van der Waals surface area (Å²) in [6, 6.07) is 8.66. The first-order valence-electron chi connectivity index (χ1n) is 5.08. The topological polar surface area (TPSA) is 12.0 Å². The fourth-order valence-electron chi connectivity index (χ4n) is 1.42. The zero-order chi connectivity index (χ0) is 10.6. The first-order chi connectivity index (χ1) is 6.65. The summed E-state index contributed by atoms with van der Waals surface area (Å²) in [4.78, 5) is 0. The zero-order valence-electron chi connectivity index (χ0n) is 9.30. The van der Waals surface area contributed by atoms with Crippen LogP contribution in [0.2, 0.25) is 0 Å². The minimum absolute atomic E-state index is 0.599. The summed E-state index contributed by atoms with van der Waals surface area (Å²) in [6.45, 7) is 9.29. The van der Waals surface area contributed by atoms with Crippen molar-refractivity contribution in [1.29, 1.82) is 0 Å². The Labute approximate surface area is 86.8 Å². The molecule has 0 spiro atoms. The van der Waals surface area contributed by atoms with Crippen LogP contribution in [0, 0.1) is 0 Å². The van der Waals surface area contributed by atoms with E-state index in [0.717, 1.165) is 12.1 Å². The highest BCUT2D eigenvalue weighted by atomic mass is 14.8. The van der Waals surface area contributed by atoms with Gasteiger partial charge in [0.2, 0.25) is 0 Å². The van der Waals surface area contributed by atoms with Gasteiger partial charge in [0.25, 0.3) is 0 Å². The van der Waals surface area contributed by atoms with E-state index in [1.165, 1.54) is 11.1 Å². The predicted molar refractivity (Wildman–Crippen MR) is 63.5 cm³/mol. The van der Waals surface area contributed by atoms with Crippen LogP contribution >= 0.6 is 0 Å². The second-order valence-electron chi connectivity index (χ2n) is 3.91. The highest BCUT2D eigenvalue weighted by Gasteiger charge is 2.00. The molecule has 0 bridgehead atoms. The monoisotopic (exact) mass is 189 g/mol. The van der Waals surface area contributed by atoms with Gasteiger partial charge in [0.05, 0.1) is 0 Å². The van der Waals surface area contributed by atoms with Gasteiger partial charge in [0.1, 0.15) is 0 Å². The van der Waals surface area contributed by atoms with Crippen molar-refractivity contribution in [1.82, 2.24) is 5.32 Å². The minimum atomic E-state index is 0.599. The van der Waals surface area contributed by atoms with Gasteiger partial charge < -0.3 is 5.32 Å². The molecule has 0 saturated carbocycles. The van der Waals surface area contributed by atoms with Crippen LogP contribution in [0.5, 0.6) is 0 Å². The molecule has 1 aromatic carbocycles. The smallest absolute Gasteiger partial charge is 0.0202 e. The molecule has 76 valence electrons. The number of rotatable bonds is 4. The molecule has 1 N–H and O–H groups in total. The van der Waals surface area contributed by atoms with E-state index < -0.39 is 0 Å². The largest absolute Gasteiger partial charge is 0.316 e. The lowest BCUT2D eigenvalue weighted by Gasteiger charge is -2.08. The number of benzene rings is 1. The number of likely N-dealkylation sites (N-methyl/N-ethyl adjacent to an activating group) is 1. The van der Waals surface area contributed by atoms with Crippen LogP contribution in [-0.2, 0) is 0 Å². The molecule has 0 saturated heterocycles. The number of nitrogens with one attached hydrogen (secondary N) is 1. The van der Waals surface area contributed by atoms with Crippen molar-refractivity contribution in [3.63, 3.8) is 0 Å². The Morgan fingerprint density at radius 3 is 2.29 bits per heavy atom. The standard InChI is InChI=1S/C13H19N/c1-10(2)12-5-7-13(8-6-12)11(3)9-14-4/h5-8,10,14H,3,9H2,1-2,4H3. The summed E-state index contributed by atoms with van der Waals surface area (Å²) >= 11 is 0. The molecule has 14 heavy (non-hydrogen) atoms. The van der Waals surface area contributed by atoms with Gasteiger partial charge in [0, 0.05) is 6.54 Å². The lowest BCUT2D eigenvalue weighted by molar-refractivity contribution is 0.866. The van der Waals surface area contributed by atoms with Crippen molar-refractivity contribution in [3.05, 3.63) is 42.0 Å². The van der Waals surface area contributed by atoms with Crippen molar-refractivity contribution in [2.45, 2.75) is 19.8 Å². The van der Waals surface area contributed by atoms with E-state index in [2.05, 4.69) is 50.0 Å². The van der Waals surface area contributed by atoms with Gasteiger partial charge >= 0.3 is 0 Å². The second kappa shape index (κ2) is 4.97. The van der Waals surface area contributed by atoms with Gasteiger partial charge in [-0.3, -0.25) is 0 Å². The van der Waals surface area contributed by atoms with Gasteiger partial charge in [-0.15, -0.1) is 0 Å². The zero-order valence-corrected chi connectivity index (χ0v) is 9.30. The molecular formula is C13H19N. The third kappa shape index (κ3) is 2.71. The summed E-state index contributed by atoms with van der Waals surface area (Å²) in [5.41, 5.74) is 3.75. The van der Waals surface area contributed by atoms with Gasteiger partial charge in [-0.05, 0) is 29.7 Å². The van der Waals surface area contributed by atoms with Crippen LogP contribution in [-0.4, -0.2) is 13.6 Å². The average Bonchev–Trinajstić information content (AvgIpc) is 2.18. The number of hydrogen-bond acceptors (Lipinski definition) is 1. The first kappa shape index (κ1) is 11.0. The molecular weight excluding hydrogens is 170 g/mol. The molecule has 0 aliphatic carbocycles. The minimum Gasteiger partial charge on any atom is -0.316 e. The Bertz CT molecular complexity index is 296. The van der Waals surface area contributed by atoms with Crippen LogP contribution in [0.3, 0.4) is 0 Å². The first-order valence-corrected chi connectivity index (χ1v) is 5.08. The molecule has 0 unspecified atom stereocenters. The molecule has 1 heteroatoms. The summed E-state index contributed by atoms with van der Waals surface area (Å²) in [7, 11) is 1.94. The maximum atomic E-state index is 4.03. The molecule has 0 aliphatic heterocycles. The summed E-state index contributed by atoms with van der Waals surface area (Å²) in [5, 5.41) is 3.10. The van der Waals surface area contributed by atoms with E-state index in [-0.39, 0.29) is 0 Å². The lowest BCUT2D eigenvalue weighted by atomic mass is 9.99. The average molecular weight is 189 g/mol. The fraction of sp³-hybridized carbons (Fsp3) is 0.385. The van der Waals surface area contributed by atoms with Gasteiger partial charge in [0.15, 0.2) is 0 Å². The lowest BCUT2D eigenvalue weighted by Crippen LogP contribution is -2.08. The van der Waals surface area contributed by atoms with Crippen molar-refractivity contribution in [2.24, 2.45) is 0 Å². The molecule has 0 aliphatic rings. The van der Waals surface area contributed by atoms with Crippen molar-refractivity contribution in [2.75, 3.05) is 13.6 Å². The summed E-state index contributed by atoms with van der Waals surface area (Å²) in [6.07, 6.45) is 0. The van der Waals surface area contributed by atoms with E-state index in [4.69, 9.17) is 0 Å². The predicted octanol–water partition coefficient (Wildman–Crippen LogP) is 3.04. The van der Waals surface area contributed by atoms with Crippen molar-refractivity contribution in [3.8, 4) is 0 Å². The Hall–Kier alpha value is -1.08. The Morgan fingerprint density at radius 2 is 1.86 bits per heavy atom. The summed E-state index contributed by atoms with van der Waals surface area (Å²) in [5.74, 6) is 0.599. The van der Waals surface area contributed by atoms with Gasteiger partial charge in [-0.25, -0.2) is 0 Å². The van der Waals surface area contributed by atoms with E-state index in [1.807, 2.05) is 7.05 Å². The van der Waals surface area contributed by atoms with Crippen LogP contribution in [0.4, 0.5) is 0 Å². The van der Waals surface area contributed by atoms with Crippen molar-refractivity contribution < 1.29 is 0 Å². The normalized spacial score (nSPS) is 10.6. The molecule has 0 amide bonds. The molecule has 0 fully saturated rings. The molecule has 1 nitrogen and oxygen atoms in total. The van der Waals surface area contributed by atoms with Crippen LogP contribution in [0.25, 0.3) is 5.57 Å². The highest BCUT2D eigenvalue weighted by molar-refractivity contribution is 5.64. The SMILES string of the molecule is C=C(CNC)c1ccc(C(C)C)cc1. The third-order valence-electron chi connectivity index (χ3n) is 2.38. The highest BCUT2D eigenvalue weighted by Crippen LogP contribution is 2.17. The maximum Gasteiger partial charge on any atom is 0.0202 e. The van der Waals surface area contributed by atoms with Crippen LogP contribution in [0.15, 0.2) is 30.8 Å². The Balaban J connectivity index is 2.78. The summed E-state index contributed by atoms with van der Waals surface area (Å²) < 4.78 is 0. The number of hydrogen-bond donors (Lipinski definition) is 1. The molecule has 1 aromatic rings. The van der Waals surface area contributed by atoms with Gasteiger partial charge in [-0.1, -0.05) is 44.7 Å². The van der Waals surface area contributed by atoms with E-state index in [1.54, 1.807) is 0 Å². The molecule has 0 radical (unpaired) electrons. The van der Waals surface area contributed by atoms with E-state index in [0.29, 0.717) is 5.92 Å². The molecule has 1 rings (SSSR count). The maximum absolute atomic E-state index is 4.03. The second-order valence-corrected chi connectivity index (χ2v) is 3.91. The van der Waals surface area contributed by atoms with E-state index >= 15 is 0 Å². The van der Waals surface area contributed by atoms with Gasteiger partial charge in [-0.2, -0.15) is 0 Å². The molecule has 0 atom stereocenters. The Kier molecular flexibility index (Phi) is 3.90. The third-order valence-corrected chi connectivity index (χ3v) is 2.38. The molecule has 0 aromatic heterocycles. The quantitative estimate of drug-likeness (QED) is 0.767. The molecule has 0 heterocycles. The van der Waals surface area contributed by atoms with Crippen LogP contribution in [0.1, 0.15) is 30.9 Å². The Morgan fingerprint density at radius 1 is 1.29 bits per heavy atom. The van der Waals surface area contributed by atoms with Crippen LogP contribution < -0.4 is 5.32 Å². The fourth-order valence-corrected chi connectivity index (χ4v) is 1.42. The van der Waals surface area contributed by atoms with E-state index in [9.17, 15) is 0 Å². The van der Waals surface area contributed by atoms with Crippen molar-refractivity contribution >= 4 is 5.57 Å².